The van der Waals surface area contributed by atoms with Gasteiger partial charge in [0.05, 0.1) is 13.1 Å². The molecule has 7 heteroatoms. The molecule has 0 bridgehead atoms. The van der Waals surface area contributed by atoms with E-state index in [9.17, 15) is 14.4 Å². The van der Waals surface area contributed by atoms with Crippen LogP contribution in [0.3, 0.4) is 0 Å². The fourth-order valence-electron chi connectivity index (χ4n) is 1.54. The standard InChI is InChI=1S/C11H22N4O3/c12-6-4-2-1-3-5-11(18)15(7-9(13)16)8-10(14)17/h1-8,12H2,(H2,13,16)(H2,14,17). The molecule has 3 amide bonds. The first kappa shape index (κ1) is 16.4. The molecule has 0 atom stereocenters. The Morgan fingerprint density at radius 1 is 0.833 bits per heavy atom. The molecule has 0 aromatic carbocycles. The van der Waals surface area contributed by atoms with E-state index >= 15 is 0 Å². The number of hydrogen-bond acceptors (Lipinski definition) is 4. The lowest BCUT2D eigenvalue weighted by Gasteiger charge is -2.19. The molecule has 0 aliphatic heterocycles. The summed E-state index contributed by atoms with van der Waals surface area (Å²) in [6.07, 6.45) is 3.78. The summed E-state index contributed by atoms with van der Waals surface area (Å²) in [5.41, 5.74) is 15.4. The van der Waals surface area contributed by atoms with E-state index in [4.69, 9.17) is 17.2 Å². The monoisotopic (exact) mass is 258 g/mol. The van der Waals surface area contributed by atoms with Gasteiger partial charge in [-0.15, -0.1) is 0 Å². The molecule has 0 aliphatic rings. The molecule has 0 spiro atoms. The highest BCUT2D eigenvalue weighted by Gasteiger charge is 2.17. The van der Waals surface area contributed by atoms with Gasteiger partial charge in [0.25, 0.3) is 0 Å². The second kappa shape index (κ2) is 9.41. The Hall–Kier alpha value is -1.63. The van der Waals surface area contributed by atoms with Gasteiger partial charge in [-0.1, -0.05) is 12.8 Å². The van der Waals surface area contributed by atoms with Crippen molar-refractivity contribution in [3.05, 3.63) is 0 Å². The first-order valence-electron chi connectivity index (χ1n) is 6.01. The van der Waals surface area contributed by atoms with Crippen molar-refractivity contribution in [3.8, 4) is 0 Å². The molecule has 0 aliphatic carbocycles. The van der Waals surface area contributed by atoms with E-state index < -0.39 is 11.8 Å². The van der Waals surface area contributed by atoms with Gasteiger partial charge in [-0.05, 0) is 19.4 Å². The van der Waals surface area contributed by atoms with Crippen LogP contribution in [-0.4, -0.2) is 42.3 Å². The van der Waals surface area contributed by atoms with Crippen LogP contribution in [0.25, 0.3) is 0 Å². The number of carbonyl (C=O) groups excluding carboxylic acids is 3. The summed E-state index contributed by atoms with van der Waals surface area (Å²) in [4.78, 5) is 34.4. The summed E-state index contributed by atoms with van der Waals surface area (Å²) < 4.78 is 0. The Labute approximate surface area is 107 Å². The molecule has 0 aromatic heterocycles. The predicted octanol–water partition coefficient (Wildman–Crippen LogP) is -1.31. The largest absolute Gasteiger partial charge is 0.368 e. The van der Waals surface area contributed by atoms with Crippen LogP contribution in [0.4, 0.5) is 0 Å². The van der Waals surface area contributed by atoms with E-state index in [2.05, 4.69) is 0 Å². The summed E-state index contributed by atoms with van der Waals surface area (Å²) in [5, 5.41) is 0. The molecule has 0 fully saturated rings. The second-order valence-corrected chi connectivity index (χ2v) is 4.14. The number of carbonyl (C=O) groups is 3. The Morgan fingerprint density at radius 2 is 1.33 bits per heavy atom. The van der Waals surface area contributed by atoms with Crippen molar-refractivity contribution >= 4 is 17.7 Å². The summed E-state index contributed by atoms with van der Waals surface area (Å²) in [7, 11) is 0. The van der Waals surface area contributed by atoms with Crippen LogP contribution in [0, 0.1) is 0 Å². The molecule has 0 aromatic rings. The van der Waals surface area contributed by atoms with Crippen LogP contribution in [0.15, 0.2) is 0 Å². The Balaban J connectivity index is 4.04. The number of hydrogen-bond donors (Lipinski definition) is 3. The summed E-state index contributed by atoms with van der Waals surface area (Å²) >= 11 is 0. The molecule has 0 saturated carbocycles. The van der Waals surface area contributed by atoms with Gasteiger partial charge in [0, 0.05) is 6.42 Å². The Kier molecular flexibility index (Phi) is 8.55. The fourth-order valence-corrected chi connectivity index (χ4v) is 1.54. The summed E-state index contributed by atoms with van der Waals surface area (Å²) in [6.45, 7) is 0.0958. The molecule has 104 valence electrons. The third-order valence-electron chi connectivity index (χ3n) is 2.39. The number of unbranched alkanes of at least 4 members (excludes halogenated alkanes) is 3. The van der Waals surface area contributed by atoms with Gasteiger partial charge in [0.15, 0.2) is 0 Å². The third kappa shape index (κ3) is 8.51. The highest BCUT2D eigenvalue weighted by molar-refractivity contribution is 5.87. The van der Waals surface area contributed by atoms with Gasteiger partial charge in [-0.2, -0.15) is 0 Å². The van der Waals surface area contributed by atoms with E-state index in [1.165, 1.54) is 0 Å². The highest BCUT2D eigenvalue weighted by Crippen LogP contribution is 2.05. The van der Waals surface area contributed by atoms with Crippen molar-refractivity contribution < 1.29 is 14.4 Å². The third-order valence-corrected chi connectivity index (χ3v) is 2.39. The molecule has 7 nitrogen and oxygen atoms in total. The lowest BCUT2D eigenvalue weighted by atomic mass is 10.1. The number of nitrogens with two attached hydrogens (primary N) is 3. The molecule has 0 heterocycles. The zero-order chi connectivity index (χ0) is 14.0. The number of rotatable bonds is 10. The summed E-state index contributed by atoms with van der Waals surface area (Å²) in [6, 6.07) is 0. The van der Waals surface area contributed by atoms with Crippen molar-refractivity contribution in [2.24, 2.45) is 17.2 Å². The topological polar surface area (TPSA) is 133 Å². The van der Waals surface area contributed by atoms with E-state index in [-0.39, 0.29) is 25.4 Å². The minimum Gasteiger partial charge on any atom is -0.368 e. The van der Waals surface area contributed by atoms with Crippen molar-refractivity contribution in [1.82, 2.24) is 4.90 Å². The lowest BCUT2D eigenvalue weighted by Crippen LogP contribution is -2.43. The summed E-state index contributed by atoms with van der Waals surface area (Å²) in [5.74, 6) is -1.60. The SMILES string of the molecule is NCCCCCCC(=O)N(CC(N)=O)CC(N)=O. The average molecular weight is 258 g/mol. The predicted molar refractivity (Wildman–Crippen MR) is 67.1 cm³/mol. The molecular formula is C11H22N4O3. The van der Waals surface area contributed by atoms with Gasteiger partial charge in [0.2, 0.25) is 17.7 Å². The zero-order valence-corrected chi connectivity index (χ0v) is 10.6. The van der Waals surface area contributed by atoms with Crippen LogP contribution >= 0.6 is 0 Å². The van der Waals surface area contributed by atoms with Gasteiger partial charge in [-0.25, -0.2) is 0 Å². The number of nitrogens with zero attached hydrogens (tertiary/aromatic N) is 1. The van der Waals surface area contributed by atoms with E-state index in [1.807, 2.05) is 0 Å². The van der Waals surface area contributed by atoms with E-state index in [0.717, 1.165) is 24.2 Å². The van der Waals surface area contributed by atoms with Crippen molar-refractivity contribution in [3.63, 3.8) is 0 Å². The molecular weight excluding hydrogens is 236 g/mol. The maximum Gasteiger partial charge on any atom is 0.237 e. The average Bonchev–Trinajstić information content (AvgIpc) is 2.26. The van der Waals surface area contributed by atoms with Crippen LogP contribution in [0.5, 0.6) is 0 Å². The highest BCUT2D eigenvalue weighted by atomic mass is 16.2. The van der Waals surface area contributed by atoms with Crippen molar-refractivity contribution in [1.29, 1.82) is 0 Å². The van der Waals surface area contributed by atoms with Crippen LogP contribution < -0.4 is 17.2 Å². The van der Waals surface area contributed by atoms with Gasteiger partial charge >= 0.3 is 0 Å². The van der Waals surface area contributed by atoms with Gasteiger partial charge in [-0.3, -0.25) is 14.4 Å². The zero-order valence-electron chi connectivity index (χ0n) is 10.6. The number of amides is 3. The quantitative estimate of drug-likeness (QED) is 0.420. The van der Waals surface area contributed by atoms with E-state index in [1.54, 1.807) is 0 Å². The Morgan fingerprint density at radius 3 is 1.78 bits per heavy atom. The second-order valence-electron chi connectivity index (χ2n) is 4.14. The van der Waals surface area contributed by atoms with Crippen LogP contribution in [-0.2, 0) is 14.4 Å². The molecule has 0 saturated heterocycles. The normalized spacial score (nSPS) is 10.1. The van der Waals surface area contributed by atoms with Crippen molar-refractivity contribution in [2.75, 3.05) is 19.6 Å². The molecule has 18 heavy (non-hydrogen) atoms. The smallest absolute Gasteiger partial charge is 0.237 e. The molecule has 0 unspecified atom stereocenters. The van der Waals surface area contributed by atoms with E-state index in [0.29, 0.717) is 13.0 Å². The number of primary amides is 2. The molecule has 0 rings (SSSR count). The minimum atomic E-state index is -0.660. The first-order valence-corrected chi connectivity index (χ1v) is 6.01. The minimum absolute atomic E-state index is 0.273. The maximum atomic E-state index is 11.7. The Bertz CT molecular complexity index is 278. The van der Waals surface area contributed by atoms with Crippen LogP contribution in [0.2, 0.25) is 0 Å². The first-order chi connectivity index (χ1) is 8.47. The van der Waals surface area contributed by atoms with Crippen LogP contribution in [0.1, 0.15) is 32.1 Å². The fraction of sp³-hybridized carbons (Fsp3) is 0.727. The molecule has 0 radical (unpaired) electrons. The molecule has 6 N–H and O–H groups in total. The van der Waals surface area contributed by atoms with Gasteiger partial charge in [0.1, 0.15) is 0 Å². The lowest BCUT2D eigenvalue weighted by molar-refractivity contribution is -0.138. The van der Waals surface area contributed by atoms with Gasteiger partial charge < -0.3 is 22.1 Å². The maximum absolute atomic E-state index is 11.7. The van der Waals surface area contributed by atoms with Crippen molar-refractivity contribution in [2.45, 2.75) is 32.1 Å².